The minimum Gasteiger partial charge on any atom is -0.396 e. The maximum atomic E-state index is 11.7. The molecule has 0 amide bonds. The highest BCUT2D eigenvalue weighted by atomic mass is 32.2. The Balaban J connectivity index is 2.26. The first kappa shape index (κ1) is 16.1. The molecule has 21 heavy (non-hydrogen) atoms. The van der Waals surface area contributed by atoms with Gasteiger partial charge in [-0.05, 0) is 12.1 Å². The molecule has 9 heteroatoms. The Labute approximate surface area is 125 Å². The average Bonchev–Trinajstić information content (AvgIpc) is 2.37. The third kappa shape index (κ3) is 3.47. The first-order valence-electron chi connectivity index (χ1n) is 6.39. The van der Waals surface area contributed by atoms with Crippen molar-refractivity contribution in [2.75, 3.05) is 49.3 Å². The molecule has 1 aromatic carbocycles. The van der Waals surface area contributed by atoms with E-state index in [1.807, 2.05) is 4.90 Å². The van der Waals surface area contributed by atoms with E-state index in [1.165, 1.54) is 16.6 Å². The molecule has 0 atom stereocenters. The third-order valence-corrected chi connectivity index (χ3v) is 5.95. The van der Waals surface area contributed by atoms with E-state index >= 15 is 0 Å². The molecular formula is C12H19N3O4S2. The fourth-order valence-corrected chi connectivity index (χ4v) is 4.05. The number of nitrogens with two attached hydrogens (primary N) is 1. The number of anilines is 2. The second-order valence-electron chi connectivity index (χ2n) is 5.11. The smallest absolute Gasteiger partial charge is 0.211 e. The molecule has 2 N–H and O–H groups in total. The van der Waals surface area contributed by atoms with E-state index in [2.05, 4.69) is 0 Å². The van der Waals surface area contributed by atoms with Gasteiger partial charge in [-0.2, -0.15) is 4.31 Å². The zero-order valence-electron chi connectivity index (χ0n) is 12.0. The summed E-state index contributed by atoms with van der Waals surface area (Å²) >= 11 is 0. The summed E-state index contributed by atoms with van der Waals surface area (Å²) in [6.07, 6.45) is 2.30. The van der Waals surface area contributed by atoms with Crippen molar-refractivity contribution in [3.8, 4) is 0 Å². The summed E-state index contributed by atoms with van der Waals surface area (Å²) in [5, 5.41) is 0. The normalized spacial score (nSPS) is 17.9. The zero-order valence-corrected chi connectivity index (χ0v) is 13.6. The summed E-state index contributed by atoms with van der Waals surface area (Å²) in [5.74, 6) is 0. The molecule has 2 rings (SSSR count). The van der Waals surface area contributed by atoms with E-state index in [4.69, 9.17) is 5.73 Å². The second-order valence-corrected chi connectivity index (χ2v) is 9.08. The zero-order chi connectivity index (χ0) is 15.8. The molecule has 118 valence electrons. The summed E-state index contributed by atoms with van der Waals surface area (Å²) in [7, 11) is -6.58. The Kier molecular flexibility index (Phi) is 4.18. The highest BCUT2D eigenvalue weighted by molar-refractivity contribution is 7.90. The van der Waals surface area contributed by atoms with Crippen LogP contribution < -0.4 is 10.6 Å². The molecule has 1 aliphatic rings. The van der Waals surface area contributed by atoms with E-state index < -0.39 is 19.9 Å². The molecule has 0 aliphatic carbocycles. The summed E-state index contributed by atoms with van der Waals surface area (Å²) < 4.78 is 47.7. The molecule has 1 heterocycles. The third-order valence-electron chi connectivity index (χ3n) is 3.49. The number of sulfone groups is 1. The van der Waals surface area contributed by atoms with Crippen LogP contribution in [0.1, 0.15) is 0 Å². The molecule has 1 aliphatic heterocycles. The molecule has 0 spiro atoms. The Morgan fingerprint density at radius 3 is 2.05 bits per heavy atom. The van der Waals surface area contributed by atoms with Crippen molar-refractivity contribution >= 4 is 31.2 Å². The number of benzene rings is 1. The van der Waals surface area contributed by atoms with E-state index in [0.29, 0.717) is 31.9 Å². The number of rotatable bonds is 3. The van der Waals surface area contributed by atoms with Crippen molar-refractivity contribution in [1.82, 2.24) is 4.31 Å². The van der Waals surface area contributed by atoms with E-state index in [9.17, 15) is 16.8 Å². The highest BCUT2D eigenvalue weighted by Crippen LogP contribution is 2.30. The van der Waals surface area contributed by atoms with Crippen LogP contribution in [0.2, 0.25) is 0 Å². The van der Waals surface area contributed by atoms with Crippen LogP contribution in [0.25, 0.3) is 0 Å². The summed E-state index contributed by atoms with van der Waals surface area (Å²) in [6.45, 7) is 1.68. The van der Waals surface area contributed by atoms with Gasteiger partial charge in [0.1, 0.15) is 0 Å². The minimum atomic E-state index is -3.39. The van der Waals surface area contributed by atoms with Gasteiger partial charge in [-0.3, -0.25) is 0 Å². The van der Waals surface area contributed by atoms with Gasteiger partial charge in [-0.1, -0.05) is 6.07 Å². The van der Waals surface area contributed by atoms with E-state index in [1.54, 1.807) is 12.1 Å². The maximum Gasteiger partial charge on any atom is 0.211 e. The Bertz CT molecular complexity index is 736. The monoisotopic (exact) mass is 333 g/mol. The molecule has 1 fully saturated rings. The number of hydrogen-bond donors (Lipinski definition) is 1. The van der Waals surface area contributed by atoms with Gasteiger partial charge in [0, 0.05) is 32.4 Å². The van der Waals surface area contributed by atoms with Crippen molar-refractivity contribution < 1.29 is 16.8 Å². The van der Waals surface area contributed by atoms with Crippen LogP contribution in [0.5, 0.6) is 0 Å². The van der Waals surface area contributed by atoms with Gasteiger partial charge in [0.15, 0.2) is 9.84 Å². The maximum absolute atomic E-state index is 11.7. The lowest BCUT2D eigenvalue weighted by atomic mass is 10.2. The van der Waals surface area contributed by atoms with Crippen molar-refractivity contribution in [3.05, 3.63) is 18.2 Å². The van der Waals surface area contributed by atoms with Crippen LogP contribution >= 0.6 is 0 Å². The average molecular weight is 333 g/mol. The van der Waals surface area contributed by atoms with Crippen molar-refractivity contribution in [1.29, 1.82) is 0 Å². The van der Waals surface area contributed by atoms with Gasteiger partial charge in [-0.15, -0.1) is 0 Å². The van der Waals surface area contributed by atoms with Gasteiger partial charge in [0.2, 0.25) is 10.0 Å². The lowest BCUT2D eigenvalue weighted by Gasteiger charge is -2.35. The number of nitrogen functional groups attached to an aromatic ring is 1. The lowest BCUT2D eigenvalue weighted by Crippen LogP contribution is -2.48. The quantitative estimate of drug-likeness (QED) is 0.766. The Hall–Kier alpha value is -1.32. The van der Waals surface area contributed by atoms with Crippen LogP contribution in [-0.2, 0) is 19.9 Å². The van der Waals surface area contributed by atoms with Crippen LogP contribution in [0.3, 0.4) is 0 Å². The summed E-state index contributed by atoms with van der Waals surface area (Å²) in [4.78, 5) is 2.01. The van der Waals surface area contributed by atoms with Crippen molar-refractivity contribution in [3.63, 3.8) is 0 Å². The van der Waals surface area contributed by atoms with Crippen LogP contribution in [-0.4, -0.2) is 59.8 Å². The molecule has 7 nitrogen and oxygen atoms in total. The number of nitrogens with zero attached hydrogens (tertiary/aromatic N) is 2. The SMILES string of the molecule is CS(=O)(=O)c1cccc(N2CCN(S(C)(=O)=O)CC2)c1N. The molecule has 0 unspecified atom stereocenters. The molecule has 0 aromatic heterocycles. The van der Waals surface area contributed by atoms with Crippen LogP contribution in [0.4, 0.5) is 11.4 Å². The Morgan fingerprint density at radius 1 is 1.00 bits per heavy atom. The second kappa shape index (κ2) is 5.47. The topological polar surface area (TPSA) is 101 Å². The predicted molar refractivity (Wildman–Crippen MR) is 82.6 cm³/mol. The molecule has 1 aromatic rings. The minimum absolute atomic E-state index is 0.102. The number of sulfonamides is 1. The van der Waals surface area contributed by atoms with Gasteiger partial charge < -0.3 is 10.6 Å². The van der Waals surface area contributed by atoms with Crippen molar-refractivity contribution in [2.24, 2.45) is 0 Å². The molecular weight excluding hydrogens is 314 g/mol. The first-order valence-corrected chi connectivity index (χ1v) is 10.1. The fourth-order valence-electron chi connectivity index (χ4n) is 2.39. The van der Waals surface area contributed by atoms with Gasteiger partial charge >= 0.3 is 0 Å². The van der Waals surface area contributed by atoms with Crippen LogP contribution in [0, 0.1) is 0 Å². The molecule has 1 saturated heterocycles. The molecule has 0 radical (unpaired) electrons. The summed E-state index contributed by atoms with van der Waals surface area (Å²) in [6, 6.07) is 4.87. The first-order chi connectivity index (χ1) is 9.60. The summed E-state index contributed by atoms with van der Waals surface area (Å²) in [5.41, 5.74) is 6.81. The molecule has 0 bridgehead atoms. The predicted octanol–water partition coefficient (Wildman–Crippen LogP) is -0.246. The standard InChI is InChI=1S/C12H19N3O4S2/c1-20(16,17)11-5-3-4-10(12(11)13)14-6-8-15(9-7-14)21(2,18)19/h3-5H,6-9,13H2,1-2H3. The number of hydrogen-bond acceptors (Lipinski definition) is 6. The Morgan fingerprint density at radius 2 is 1.57 bits per heavy atom. The largest absolute Gasteiger partial charge is 0.396 e. The number of para-hydroxylation sites is 1. The lowest BCUT2D eigenvalue weighted by molar-refractivity contribution is 0.388. The van der Waals surface area contributed by atoms with Crippen LogP contribution in [0.15, 0.2) is 23.1 Å². The fraction of sp³-hybridized carbons (Fsp3) is 0.500. The highest BCUT2D eigenvalue weighted by Gasteiger charge is 2.25. The van der Waals surface area contributed by atoms with Gasteiger partial charge in [-0.25, -0.2) is 16.8 Å². The number of piperazine rings is 1. The van der Waals surface area contributed by atoms with E-state index in [-0.39, 0.29) is 10.6 Å². The van der Waals surface area contributed by atoms with E-state index in [0.717, 1.165) is 6.26 Å². The van der Waals surface area contributed by atoms with Crippen molar-refractivity contribution in [2.45, 2.75) is 4.90 Å². The van der Waals surface area contributed by atoms with Gasteiger partial charge in [0.25, 0.3) is 0 Å². The molecule has 0 saturated carbocycles. The van der Waals surface area contributed by atoms with Gasteiger partial charge in [0.05, 0.1) is 22.5 Å².